The Morgan fingerprint density at radius 3 is 2.44 bits per heavy atom. The van der Waals surface area contributed by atoms with Gasteiger partial charge in [-0.05, 0) is 12.2 Å². The Morgan fingerprint density at radius 1 is 1.25 bits per heavy atom. The van der Waals surface area contributed by atoms with Crippen molar-refractivity contribution in [1.29, 1.82) is 5.41 Å². The summed E-state index contributed by atoms with van der Waals surface area (Å²) in [7, 11) is -4.63. The van der Waals surface area contributed by atoms with Gasteiger partial charge in [0.15, 0.2) is 5.25 Å². The lowest BCUT2D eigenvalue weighted by Crippen LogP contribution is -2.36. The SMILES string of the molecule is N=C1C=CC2=C(C(=O)NC2=O)C1S(=O)(=O)O. The van der Waals surface area contributed by atoms with E-state index in [9.17, 15) is 18.0 Å². The fraction of sp³-hybridized carbons (Fsp3) is 0.125. The van der Waals surface area contributed by atoms with Crippen molar-refractivity contribution in [2.45, 2.75) is 5.25 Å². The third-order valence-electron chi connectivity index (χ3n) is 2.28. The number of allylic oxidation sites excluding steroid dienone is 1. The van der Waals surface area contributed by atoms with Crippen LogP contribution in [0.15, 0.2) is 23.3 Å². The highest BCUT2D eigenvalue weighted by Gasteiger charge is 2.43. The molecule has 1 unspecified atom stereocenters. The average Bonchev–Trinajstić information content (AvgIpc) is 2.40. The Morgan fingerprint density at radius 2 is 1.88 bits per heavy atom. The number of carbonyl (C=O) groups excluding carboxylic acids is 2. The second-order valence-corrected chi connectivity index (χ2v) is 4.80. The van der Waals surface area contributed by atoms with Crippen molar-refractivity contribution in [3.8, 4) is 0 Å². The predicted molar refractivity (Wildman–Crippen MR) is 52.4 cm³/mol. The van der Waals surface area contributed by atoms with Gasteiger partial charge in [-0.1, -0.05) is 0 Å². The summed E-state index contributed by atoms with van der Waals surface area (Å²) in [4.78, 5) is 22.5. The highest BCUT2D eigenvalue weighted by atomic mass is 32.2. The molecule has 2 amide bonds. The Hall–Kier alpha value is -1.80. The first-order valence-corrected chi connectivity index (χ1v) is 5.65. The molecule has 0 saturated heterocycles. The summed E-state index contributed by atoms with van der Waals surface area (Å²) in [6.07, 6.45) is 2.25. The Labute approximate surface area is 90.1 Å². The van der Waals surface area contributed by atoms with Crippen LogP contribution in [0.25, 0.3) is 0 Å². The molecule has 0 bridgehead atoms. The zero-order valence-electron chi connectivity index (χ0n) is 7.72. The molecule has 7 nitrogen and oxygen atoms in total. The summed E-state index contributed by atoms with van der Waals surface area (Å²) < 4.78 is 31.0. The molecule has 84 valence electrons. The molecule has 0 radical (unpaired) electrons. The monoisotopic (exact) mass is 242 g/mol. The number of nitrogens with one attached hydrogen (secondary N) is 2. The van der Waals surface area contributed by atoms with Gasteiger partial charge in [-0.25, -0.2) is 0 Å². The minimum absolute atomic E-state index is 0.122. The van der Waals surface area contributed by atoms with E-state index in [0.29, 0.717) is 0 Å². The van der Waals surface area contributed by atoms with E-state index in [1.165, 1.54) is 6.08 Å². The summed E-state index contributed by atoms with van der Waals surface area (Å²) in [6, 6.07) is 0. The molecule has 8 heteroatoms. The van der Waals surface area contributed by atoms with Crippen LogP contribution in [0.4, 0.5) is 0 Å². The first-order chi connectivity index (χ1) is 7.32. The molecule has 0 fully saturated rings. The second kappa shape index (κ2) is 3.09. The molecule has 1 aliphatic carbocycles. The summed E-state index contributed by atoms with van der Waals surface area (Å²) in [5.41, 5.74) is -0.963. The Balaban J connectivity index is 2.67. The summed E-state index contributed by atoms with van der Waals surface area (Å²) in [5, 5.41) is 7.48. The second-order valence-electron chi connectivity index (χ2n) is 3.29. The van der Waals surface area contributed by atoms with Crippen LogP contribution in [0.5, 0.6) is 0 Å². The maximum atomic E-state index is 11.3. The van der Waals surface area contributed by atoms with Gasteiger partial charge in [0.2, 0.25) is 0 Å². The Bertz CT molecular complexity index is 584. The van der Waals surface area contributed by atoms with E-state index in [1.807, 2.05) is 5.32 Å². The molecule has 0 saturated carbocycles. The van der Waals surface area contributed by atoms with Crippen LogP contribution >= 0.6 is 0 Å². The predicted octanol–water partition coefficient (Wildman–Crippen LogP) is -1.21. The van der Waals surface area contributed by atoms with Crippen LogP contribution < -0.4 is 5.32 Å². The molecule has 0 spiro atoms. The third-order valence-corrected chi connectivity index (χ3v) is 3.36. The van der Waals surface area contributed by atoms with Crippen LogP contribution in [-0.4, -0.2) is 35.7 Å². The van der Waals surface area contributed by atoms with Gasteiger partial charge in [0.05, 0.1) is 16.9 Å². The molecular weight excluding hydrogens is 236 g/mol. The number of hydrogen-bond donors (Lipinski definition) is 3. The highest BCUT2D eigenvalue weighted by molar-refractivity contribution is 7.87. The van der Waals surface area contributed by atoms with E-state index in [2.05, 4.69) is 0 Å². The van der Waals surface area contributed by atoms with Crippen LogP contribution in [-0.2, 0) is 19.7 Å². The quantitative estimate of drug-likeness (QED) is 0.393. The normalized spacial score (nSPS) is 24.8. The lowest BCUT2D eigenvalue weighted by molar-refractivity contribution is -0.124. The first-order valence-electron chi connectivity index (χ1n) is 4.15. The summed E-state index contributed by atoms with van der Waals surface area (Å²) in [6.45, 7) is 0. The smallest absolute Gasteiger partial charge is 0.278 e. The molecule has 1 atom stereocenters. The van der Waals surface area contributed by atoms with Crippen molar-refractivity contribution in [3.05, 3.63) is 23.3 Å². The lowest BCUT2D eigenvalue weighted by Gasteiger charge is -2.16. The molecular formula is C8H6N2O5S. The highest BCUT2D eigenvalue weighted by Crippen LogP contribution is 2.26. The minimum Gasteiger partial charge on any atom is -0.303 e. The van der Waals surface area contributed by atoms with Crippen molar-refractivity contribution in [2.24, 2.45) is 0 Å². The number of imide groups is 1. The zero-order valence-corrected chi connectivity index (χ0v) is 8.54. The molecule has 16 heavy (non-hydrogen) atoms. The molecule has 1 aliphatic heterocycles. The van der Waals surface area contributed by atoms with Crippen LogP contribution in [0.2, 0.25) is 0 Å². The van der Waals surface area contributed by atoms with E-state index >= 15 is 0 Å². The largest absolute Gasteiger partial charge is 0.303 e. The number of amides is 2. The van der Waals surface area contributed by atoms with E-state index in [-0.39, 0.29) is 11.1 Å². The zero-order chi connectivity index (χ0) is 12.1. The van der Waals surface area contributed by atoms with Gasteiger partial charge in [0, 0.05) is 0 Å². The lowest BCUT2D eigenvalue weighted by atomic mass is 9.97. The van der Waals surface area contributed by atoms with Crippen LogP contribution in [0.1, 0.15) is 0 Å². The van der Waals surface area contributed by atoms with Gasteiger partial charge in [-0.15, -0.1) is 0 Å². The van der Waals surface area contributed by atoms with E-state index < -0.39 is 32.9 Å². The molecule has 2 aliphatic rings. The van der Waals surface area contributed by atoms with Gasteiger partial charge in [-0.2, -0.15) is 8.42 Å². The van der Waals surface area contributed by atoms with Crippen LogP contribution in [0.3, 0.4) is 0 Å². The average molecular weight is 242 g/mol. The van der Waals surface area contributed by atoms with Crippen molar-refractivity contribution in [1.82, 2.24) is 5.32 Å². The van der Waals surface area contributed by atoms with Crippen molar-refractivity contribution in [2.75, 3.05) is 0 Å². The standard InChI is InChI=1S/C8H6N2O5S/c9-4-2-1-3-5(6(4)16(13,14)15)8(12)10-7(3)11/h1-2,6,9H,(H,10,11,12)(H,13,14,15). The van der Waals surface area contributed by atoms with Gasteiger partial charge in [0.1, 0.15) is 0 Å². The van der Waals surface area contributed by atoms with Gasteiger partial charge in [0.25, 0.3) is 21.9 Å². The summed E-state index contributed by atoms with van der Waals surface area (Å²) in [5.74, 6) is -1.62. The molecule has 1 heterocycles. The number of carbonyl (C=O) groups is 2. The fourth-order valence-corrected chi connectivity index (χ4v) is 2.56. The van der Waals surface area contributed by atoms with E-state index in [1.54, 1.807) is 0 Å². The van der Waals surface area contributed by atoms with Crippen LogP contribution in [0, 0.1) is 5.41 Å². The topological polar surface area (TPSA) is 124 Å². The maximum Gasteiger partial charge on any atom is 0.278 e. The summed E-state index contributed by atoms with van der Waals surface area (Å²) >= 11 is 0. The third kappa shape index (κ3) is 1.39. The van der Waals surface area contributed by atoms with Crippen molar-refractivity contribution in [3.63, 3.8) is 0 Å². The van der Waals surface area contributed by atoms with Crippen molar-refractivity contribution >= 4 is 27.6 Å². The van der Waals surface area contributed by atoms with E-state index in [0.717, 1.165) is 6.08 Å². The molecule has 2 rings (SSSR count). The van der Waals surface area contributed by atoms with Gasteiger partial charge in [-0.3, -0.25) is 19.5 Å². The first kappa shape index (κ1) is 10.7. The molecule has 0 aromatic heterocycles. The molecule has 0 aromatic carbocycles. The maximum absolute atomic E-state index is 11.3. The van der Waals surface area contributed by atoms with Gasteiger partial charge < -0.3 is 5.41 Å². The molecule has 0 aromatic rings. The Kier molecular flexibility index (Phi) is 2.07. The fourth-order valence-electron chi connectivity index (χ4n) is 1.63. The van der Waals surface area contributed by atoms with E-state index in [4.69, 9.17) is 9.96 Å². The van der Waals surface area contributed by atoms with Gasteiger partial charge >= 0.3 is 0 Å². The number of rotatable bonds is 1. The molecule has 3 N–H and O–H groups in total. The minimum atomic E-state index is -4.63. The van der Waals surface area contributed by atoms with Crippen molar-refractivity contribution < 1.29 is 22.6 Å². The number of hydrogen-bond acceptors (Lipinski definition) is 5.